The molecule has 12 heteroatoms. The second kappa shape index (κ2) is 55.1. The van der Waals surface area contributed by atoms with Crippen LogP contribution in [0.2, 0.25) is 0 Å². The maximum atomic E-state index is 12.9. The molecule has 0 aliphatic carbocycles. The van der Waals surface area contributed by atoms with E-state index in [1.807, 2.05) is 0 Å². The zero-order valence-electron chi connectivity index (χ0n) is 50.9. The van der Waals surface area contributed by atoms with Gasteiger partial charge in [-0.05, 0) is 91.9 Å². The molecule has 0 aromatic heterocycles. The summed E-state index contributed by atoms with van der Waals surface area (Å²) in [5, 5.41) is 0. The lowest BCUT2D eigenvalue weighted by molar-refractivity contribution is -0.146. The Kier molecular flexibility index (Phi) is 53.4. The second-order valence-corrected chi connectivity index (χ2v) is 22.2. The molecular formula is C63H124N4O8. The highest BCUT2D eigenvalue weighted by atomic mass is 16.5. The summed E-state index contributed by atoms with van der Waals surface area (Å²) >= 11 is 0. The van der Waals surface area contributed by atoms with Crippen molar-refractivity contribution in [1.29, 1.82) is 0 Å². The molecule has 75 heavy (non-hydrogen) atoms. The van der Waals surface area contributed by atoms with Crippen LogP contribution in [0.5, 0.6) is 0 Å². The lowest BCUT2D eigenvalue weighted by Crippen LogP contribution is -2.44. The Labute approximate surface area is 464 Å². The third-order valence-electron chi connectivity index (χ3n) is 15.0. The van der Waals surface area contributed by atoms with Crippen molar-refractivity contribution in [3.63, 3.8) is 0 Å². The first-order chi connectivity index (χ1) is 36.5. The number of hydrogen-bond acceptors (Lipinski definition) is 12. The van der Waals surface area contributed by atoms with Crippen LogP contribution in [0.25, 0.3) is 0 Å². The average molecular weight is 1070 g/mol. The van der Waals surface area contributed by atoms with Gasteiger partial charge in [-0.1, -0.05) is 189 Å². The Morgan fingerprint density at radius 3 is 0.813 bits per heavy atom. The number of ether oxygens (including phenoxy) is 4. The van der Waals surface area contributed by atoms with Gasteiger partial charge in [-0.3, -0.25) is 29.0 Å². The first kappa shape index (κ1) is 72.7. The summed E-state index contributed by atoms with van der Waals surface area (Å²) < 4.78 is 22.6. The third kappa shape index (κ3) is 48.6. The van der Waals surface area contributed by atoms with E-state index in [9.17, 15) is 19.2 Å². The van der Waals surface area contributed by atoms with E-state index >= 15 is 0 Å². The molecule has 0 bridgehead atoms. The van der Waals surface area contributed by atoms with Gasteiger partial charge in [0.2, 0.25) is 0 Å². The van der Waals surface area contributed by atoms with Crippen LogP contribution in [0.15, 0.2) is 0 Å². The van der Waals surface area contributed by atoms with E-state index in [2.05, 4.69) is 75.0 Å². The molecule has 0 aliphatic heterocycles. The summed E-state index contributed by atoms with van der Waals surface area (Å²) in [7, 11) is 0. The largest absolute Gasteiger partial charge is 0.466 e. The maximum absolute atomic E-state index is 12.9. The number of nitrogens with zero attached hydrogens (tertiary/aromatic N) is 4. The third-order valence-corrected chi connectivity index (χ3v) is 15.0. The Hall–Kier alpha value is -2.28. The molecular weight excluding hydrogens is 941 g/mol. The van der Waals surface area contributed by atoms with Crippen molar-refractivity contribution in [2.75, 3.05) is 91.9 Å². The monoisotopic (exact) mass is 1060 g/mol. The highest BCUT2D eigenvalue weighted by Crippen LogP contribution is 2.13. The zero-order valence-corrected chi connectivity index (χ0v) is 50.9. The summed E-state index contributed by atoms with van der Waals surface area (Å²) in [6.07, 6.45) is 37.4. The molecule has 0 spiro atoms. The fourth-order valence-electron chi connectivity index (χ4n) is 9.63. The molecule has 1 unspecified atom stereocenters. The molecule has 0 heterocycles. The van der Waals surface area contributed by atoms with E-state index in [4.69, 9.17) is 18.9 Å². The van der Waals surface area contributed by atoms with Gasteiger partial charge in [0.25, 0.3) is 0 Å². The predicted molar refractivity (Wildman–Crippen MR) is 314 cm³/mol. The molecule has 0 aliphatic rings. The smallest absolute Gasteiger partial charge is 0.307 e. The lowest BCUT2D eigenvalue weighted by atomic mass is 10.1. The van der Waals surface area contributed by atoms with Gasteiger partial charge in [0.05, 0.1) is 52.1 Å². The summed E-state index contributed by atoms with van der Waals surface area (Å²) in [6, 6.07) is 0.786. The van der Waals surface area contributed by atoms with Crippen LogP contribution in [0, 0.1) is 0 Å². The number of unbranched alkanes of at least 4 members (excludes halogenated alkanes) is 24. The molecule has 0 saturated carbocycles. The minimum atomic E-state index is -0.155. The fourth-order valence-corrected chi connectivity index (χ4v) is 9.63. The minimum absolute atomic E-state index is 0.154. The molecule has 0 radical (unpaired) electrons. The average Bonchev–Trinajstić information content (AvgIpc) is 3.40. The highest BCUT2D eigenvalue weighted by molar-refractivity contribution is 5.71. The lowest BCUT2D eigenvalue weighted by Gasteiger charge is -2.34. The van der Waals surface area contributed by atoms with Crippen LogP contribution in [0.1, 0.15) is 280 Å². The van der Waals surface area contributed by atoms with Gasteiger partial charge in [-0.15, -0.1) is 0 Å². The maximum Gasteiger partial charge on any atom is 0.307 e. The number of carbonyl (C=O) groups is 4. The van der Waals surface area contributed by atoms with Crippen LogP contribution in [0.4, 0.5) is 0 Å². The Bertz CT molecular complexity index is 1220. The molecule has 0 fully saturated rings. The van der Waals surface area contributed by atoms with E-state index in [1.54, 1.807) is 0 Å². The van der Waals surface area contributed by atoms with Gasteiger partial charge in [0.15, 0.2) is 0 Å². The molecule has 0 aromatic rings. The van der Waals surface area contributed by atoms with Crippen LogP contribution in [-0.4, -0.2) is 147 Å². The van der Waals surface area contributed by atoms with E-state index in [1.165, 1.54) is 128 Å². The van der Waals surface area contributed by atoms with Crippen molar-refractivity contribution >= 4 is 23.9 Å². The number of carbonyl (C=O) groups excluding carboxylic acids is 4. The summed E-state index contributed by atoms with van der Waals surface area (Å²) in [4.78, 5) is 61.1. The van der Waals surface area contributed by atoms with Crippen molar-refractivity contribution in [3.05, 3.63) is 0 Å². The SMILES string of the molecule is CCCCCCCCCOC(=O)CCN(CCCN(CCN(CCCN(CCC(=O)OCCCCCCCCC)CCC(=O)OCCCCCCCCC)C(C)CC)C(C)C)CCC(=O)OCCCCCCCCC. The van der Waals surface area contributed by atoms with Gasteiger partial charge in [0.1, 0.15) is 0 Å². The van der Waals surface area contributed by atoms with Gasteiger partial charge < -0.3 is 28.7 Å². The molecule has 0 aromatic carbocycles. The first-order valence-electron chi connectivity index (χ1n) is 32.1. The first-order valence-corrected chi connectivity index (χ1v) is 32.1. The normalized spacial score (nSPS) is 12.2. The Morgan fingerprint density at radius 2 is 0.547 bits per heavy atom. The number of esters is 4. The van der Waals surface area contributed by atoms with E-state index in [0.717, 1.165) is 110 Å². The number of rotatable bonds is 58. The summed E-state index contributed by atoms with van der Waals surface area (Å²) in [6.45, 7) is 27.6. The van der Waals surface area contributed by atoms with Gasteiger partial charge in [0, 0.05) is 51.4 Å². The number of hydrogen-bond donors (Lipinski definition) is 0. The molecule has 0 rings (SSSR count). The van der Waals surface area contributed by atoms with Crippen molar-refractivity contribution in [3.8, 4) is 0 Å². The van der Waals surface area contributed by atoms with Gasteiger partial charge in [-0.25, -0.2) is 0 Å². The van der Waals surface area contributed by atoms with Crippen LogP contribution in [0.3, 0.4) is 0 Å². The topological polar surface area (TPSA) is 118 Å². The minimum Gasteiger partial charge on any atom is -0.466 e. The second-order valence-electron chi connectivity index (χ2n) is 22.2. The van der Waals surface area contributed by atoms with Gasteiger partial charge >= 0.3 is 23.9 Å². The Balaban J connectivity index is 5.42. The molecule has 12 nitrogen and oxygen atoms in total. The van der Waals surface area contributed by atoms with Crippen molar-refractivity contribution in [1.82, 2.24) is 19.6 Å². The molecule has 444 valence electrons. The molecule has 1 atom stereocenters. The van der Waals surface area contributed by atoms with Crippen LogP contribution >= 0.6 is 0 Å². The predicted octanol–water partition coefficient (Wildman–Crippen LogP) is 14.9. The molecule has 0 amide bonds. The van der Waals surface area contributed by atoms with Crippen molar-refractivity contribution < 1.29 is 38.1 Å². The Morgan fingerprint density at radius 1 is 0.293 bits per heavy atom. The van der Waals surface area contributed by atoms with Gasteiger partial charge in [-0.2, -0.15) is 0 Å². The quantitative estimate of drug-likeness (QED) is 0.0328. The molecule has 0 saturated heterocycles. The summed E-state index contributed by atoms with van der Waals surface area (Å²) in [5.41, 5.74) is 0. The fraction of sp³-hybridized carbons (Fsp3) is 0.937. The van der Waals surface area contributed by atoms with E-state index < -0.39 is 0 Å². The van der Waals surface area contributed by atoms with Crippen molar-refractivity contribution in [2.24, 2.45) is 0 Å². The van der Waals surface area contributed by atoms with Crippen LogP contribution < -0.4 is 0 Å². The van der Waals surface area contributed by atoms with Crippen LogP contribution in [-0.2, 0) is 38.1 Å². The molecule has 0 N–H and O–H groups in total. The van der Waals surface area contributed by atoms with Crippen molar-refractivity contribution in [2.45, 2.75) is 292 Å². The van der Waals surface area contributed by atoms with E-state index in [-0.39, 0.29) is 23.9 Å². The zero-order chi connectivity index (χ0) is 55.3. The highest BCUT2D eigenvalue weighted by Gasteiger charge is 2.19. The summed E-state index contributed by atoms with van der Waals surface area (Å²) in [5.74, 6) is -0.618. The standard InChI is InChI=1S/C63H124N4O8/c1-9-14-18-22-26-30-34-54-72-60(68)40-48-64(49-41-61(69)73-55-35-31-27-23-19-15-10-2)44-38-46-66(58(6)7)52-53-67(59(8)13-5)47-39-45-65(50-42-62(70)74-56-36-32-28-24-20-16-11-3)51-43-63(71)75-57-37-33-29-25-21-17-12-4/h58-59H,9-57H2,1-8H3. The van der Waals surface area contributed by atoms with E-state index in [0.29, 0.717) is 90.4 Å².